The molecule has 1 amide bonds. The smallest absolute Gasteiger partial charge is 0.251 e. The molecule has 0 bridgehead atoms. The van der Waals surface area contributed by atoms with E-state index in [0.29, 0.717) is 17.8 Å². The molecule has 0 aliphatic carbocycles. The molecular weight excluding hydrogens is 360 g/mol. The summed E-state index contributed by atoms with van der Waals surface area (Å²) in [4.78, 5) is 19.3. The Kier molecular flexibility index (Phi) is 3.89. The summed E-state index contributed by atoms with van der Waals surface area (Å²) in [7, 11) is 0. The maximum absolute atomic E-state index is 12.7. The number of nitrogens with zero attached hydrogens (tertiary/aromatic N) is 9. The number of rotatable bonds is 4. The van der Waals surface area contributed by atoms with Gasteiger partial charge in [0.1, 0.15) is 12.7 Å². The molecule has 0 spiro atoms. The van der Waals surface area contributed by atoms with Gasteiger partial charge in [0.15, 0.2) is 5.82 Å². The second-order valence-electron chi connectivity index (χ2n) is 6.52. The van der Waals surface area contributed by atoms with E-state index in [1.165, 1.54) is 11.0 Å². The fourth-order valence-corrected chi connectivity index (χ4v) is 3.38. The highest BCUT2D eigenvalue weighted by Crippen LogP contribution is 2.21. The topological polar surface area (TPSA) is 119 Å². The zero-order valence-electron chi connectivity index (χ0n) is 14.8. The lowest BCUT2D eigenvalue weighted by Crippen LogP contribution is -2.37. The molecule has 4 aromatic rings. The Morgan fingerprint density at radius 2 is 2.18 bits per heavy atom. The van der Waals surface area contributed by atoms with Crippen LogP contribution in [0.3, 0.4) is 0 Å². The summed E-state index contributed by atoms with van der Waals surface area (Å²) in [5, 5.41) is 22.3. The third-order valence-corrected chi connectivity index (χ3v) is 4.74. The third-order valence-electron chi connectivity index (χ3n) is 4.74. The Morgan fingerprint density at radius 1 is 1.21 bits per heavy atom. The Hall–Kier alpha value is -3.89. The van der Waals surface area contributed by atoms with Gasteiger partial charge < -0.3 is 10.2 Å². The summed E-state index contributed by atoms with van der Waals surface area (Å²) < 4.78 is 3.34. The molecule has 28 heavy (non-hydrogen) atoms. The molecule has 11 nitrogen and oxygen atoms in total. The fourth-order valence-electron chi connectivity index (χ4n) is 3.38. The van der Waals surface area contributed by atoms with E-state index in [0.717, 1.165) is 24.5 Å². The Balaban J connectivity index is 1.29. The lowest BCUT2D eigenvalue weighted by molar-refractivity contribution is 0.0940. The third kappa shape index (κ3) is 2.92. The number of carbonyl (C=O) groups excluding carboxylic acids is 1. The molecule has 0 radical (unpaired) electrons. The van der Waals surface area contributed by atoms with Gasteiger partial charge >= 0.3 is 0 Å². The van der Waals surface area contributed by atoms with Gasteiger partial charge in [0, 0.05) is 37.1 Å². The van der Waals surface area contributed by atoms with Crippen LogP contribution >= 0.6 is 0 Å². The lowest BCUT2D eigenvalue weighted by atomic mass is 10.1. The summed E-state index contributed by atoms with van der Waals surface area (Å²) >= 11 is 0. The van der Waals surface area contributed by atoms with Crippen LogP contribution in [0.1, 0.15) is 16.8 Å². The largest absolute Gasteiger partial charge is 0.351 e. The van der Waals surface area contributed by atoms with Crippen molar-refractivity contribution >= 4 is 17.4 Å². The van der Waals surface area contributed by atoms with Crippen molar-refractivity contribution in [3.05, 3.63) is 54.9 Å². The fraction of sp³-hybridized carbons (Fsp3) is 0.235. The predicted molar refractivity (Wildman–Crippen MR) is 98.0 cm³/mol. The van der Waals surface area contributed by atoms with Crippen molar-refractivity contribution < 1.29 is 4.79 Å². The molecule has 1 fully saturated rings. The number of carbonyl (C=O) groups is 1. The number of fused-ring (bicyclic) bond motifs is 1. The van der Waals surface area contributed by atoms with Crippen molar-refractivity contribution in [3.8, 4) is 5.69 Å². The minimum atomic E-state index is -0.129. The van der Waals surface area contributed by atoms with Crippen molar-refractivity contribution in [3.63, 3.8) is 0 Å². The molecule has 1 aliphatic heterocycles. The van der Waals surface area contributed by atoms with E-state index in [1.54, 1.807) is 24.7 Å². The summed E-state index contributed by atoms with van der Waals surface area (Å²) in [6.07, 6.45) is 7.50. The van der Waals surface area contributed by atoms with Crippen LogP contribution in [0, 0.1) is 0 Å². The first kappa shape index (κ1) is 16.3. The number of aromatic nitrogens is 8. The van der Waals surface area contributed by atoms with E-state index >= 15 is 0 Å². The number of benzene rings is 1. The van der Waals surface area contributed by atoms with E-state index < -0.39 is 0 Å². The quantitative estimate of drug-likeness (QED) is 0.533. The number of amides is 1. The molecule has 1 aromatic carbocycles. The number of anilines is 1. The van der Waals surface area contributed by atoms with E-state index in [1.807, 2.05) is 22.7 Å². The van der Waals surface area contributed by atoms with Crippen molar-refractivity contribution in [1.29, 1.82) is 0 Å². The van der Waals surface area contributed by atoms with Crippen LogP contribution < -0.4 is 10.2 Å². The first-order valence-corrected chi connectivity index (χ1v) is 8.81. The molecule has 0 unspecified atom stereocenters. The molecule has 140 valence electrons. The van der Waals surface area contributed by atoms with Crippen LogP contribution in [0.4, 0.5) is 5.82 Å². The van der Waals surface area contributed by atoms with E-state index in [2.05, 4.69) is 40.9 Å². The van der Waals surface area contributed by atoms with Gasteiger partial charge in [-0.2, -0.15) is 0 Å². The molecule has 1 aliphatic rings. The second-order valence-corrected chi connectivity index (χ2v) is 6.52. The van der Waals surface area contributed by atoms with Gasteiger partial charge in [0.25, 0.3) is 5.91 Å². The molecule has 5 rings (SSSR count). The molecule has 1 N–H and O–H groups in total. The van der Waals surface area contributed by atoms with Crippen molar-refractivity contribution in [1.82, 2.24) is 45.1 Å². The highest BCUT2D eigenvalue weighted by Gasteiger charge is 2.27. The Bertz CT molecular complexity index is 1120. The van der Waals surface area contributed by atoms with Gasteiger partial charge in [-0.15, -0.1) is 15.3 Å². The monoisotopic (exact) mass is 376 g/mol. The molecule has 4 heterocycles. The zero-order chi connectivity index (χ0) is 18.9. The molecule has 1 atom stereocenters. The lowest BCUT2D eigenvalue weighted by Gasteiger charge is -2.18. The minimum Gasteiger partial charge on any atom is -0.351 e. The first-order valence-electron chi connectivity index (χ1n) is 8.81. The Morgan fingerprint density at radius 3 is 3.07 bits per heavy atom. The highest BCUT2D eigenvalue weighted by atomic mass is 16.1. The van der Waals surface area contributed by atoms with Crippen LogP contribution in [-0.4, -0.2) is 64.8 Å². The van der Waals surface area contributed by atoms with E-state index in [4.69, 9.17) is 0 Å². The zero-order valence-corrected chi connectivity index (χ0v) is 14.8. The maximum atomic E-state index is 12.7. The van der Waals surface area contributed by atoms with Crippen LogP contribution in [0.2, 0.25) is 0 Å². The van der Waals surface area contributed by atoms with Gasteiger partial charge in [-0.25, -0.2) is 9.67 Å². The average Bonchev–Trinajstić information content (AvgIpc) is 3.48. The van der Waals surface area contributed by atoms with Crippen LogP contribution in [-0.2, 0) is 0 Å². The summed E-state index contributed by atoms with van der Waals surface area (Å²) in [6.45, 7) is 1.45. The van der Waals surface area contributed by atoms with Gasteiger partial charge in [-0.1, -0.05) is 6.07 Å². The average molecular weight is 376 g/mol. The summed E-state index contributed by atoms with van der Waals surface area (Å²) in [5.41, 5.74) is 2.00. The molecule has 0 saturated carbocycles. The number of hydrogen-bond acceptors (Lipinski definition) is 8. The van der Waals surface area contributed by atoms with Gasteiger partial charge in [-0.05, 0) is 35.0 Å². The maximum Gasteiger partial charge on any atom is 0.251 e. The number of hydrogen-bond donors (Lipinski definition) is 1. The first-order chi connectivity index (χ1) is 13.8. The number of nitrogens with one attached hydrogen (secondary N) is 1. The summed E-state index contributed by atoms with van der Waals surface area (Å²) in [6, 6.07) is 7.21. The normalized spacial score (nSPS) is 16.6. The van der Waals surface area contributed by atoms with E-state index in [9.17, 15) is 4.79 Å². The van der Waals surface area contributed by atoms with Gasteiger partial charge in [0.05, 0.1) is 5.69 Å². The molecular formula is C17H16N10O. The van der Waals surface area contributed by atoms with E-state index in [-0.39, 0.29) is 11.9 Å². The highest BCUT2D eigenvalue weighted by molar-refractivity contribution is 5.95. The van der Waals surface area contributed by atoms with Crippen LogP contribution in [0.5, 0.6) is 0 Å². The standard InChI is InChI=1S/C17H16N10O/c28-17(12-2-1-3-14(8-12)27-11-20-23-24-27)21-13-4-6-25(9-13)15-16-22-19-10-26(16)7-5-18-15/h1-3,5,7-8,10-11,13H,4,6,9H2,(H,21,28)/t13-/m1/s1. The van der Waals surface area contributed by atoms with Crippen molar-refractivity contribution in [2.24, 2.45) is 0 Å². The van der Waals surface area contributed by atoms with Crippen molar-refractivity contribution in [2.75, 3.05) is 18.0 Å². The molecule has 3 aromatic heterocycles. The van der Waals surface area contributed by atoms with Gasteiger partial charge in [0.2, 0.25) is 5.65 Å². The molecule has 1 saturated heterocycles. The van der Waals surface area contributed by atoms with Crippen LogP contribution in [0.25, 0.3) is 11.3 Å². The number of tetrazole rings is 1. The SMILES string of the molecule is O=C(N[C@@H]1CCN(c2nccn3cnnc23)C1)c1cccc(-n2cnnn2)c1. The Labute approximate surface area is 159 Å². The van der Waals surface area contributed by atoms with Gasteiger partial charge in [-0.3, -0.25) is 9.20 Å². The minimum absolute atomic E-state index is 0.0224. The second kappa shape index (κ2) is 6.68. The molecule has 11 heteroatoms. The summed E-state index contributed by atoms with van der Waals surface area (Å²) in [5.74, 6) is 0.646. The van der Waals surface area contributed by atoms with Crippen LogP contribution in [0.15, 0.2) is 49.3 Å². The van der Waals surface area contributed by atoms with Crippen molar-refractivity contribution in [2.45, 2.75) is 12.5 Å². The predicted octanol–water partition coefficient (Wildman–Crippen LogP) is 0.109.